The van der Waals surface area contributed by atoms with Crippen molar-refractivity contribution in [3.8, 4) is 11.3 Å². The minimum atomic E-state index is -3.43. The first-order valence-electron chi connectivity index (χ1n) is 8.30. The fourth-order valence-corrected chi connectivity index (χ4v) is 3.36. The fraction of sp³-hybridized carbons (Fsp3) is 0.105. The van der Waals surface area contributed by atoms with Crippen molar-refractivity contribution in [3.05, 3.63) is 54.1 Å². The maximum Gasteiger partial charge on any atom is 0.229 e. The van der Waals surface area contributed by atoms with E-state index >= 15 is 0 Å². The van der Waals surface area contributed by atoms with Gasteiger partial charge in [-0.05, 0) is 36.8 Å². The predicted octanol–water partition coefficient (Wildman–Crippen LogP) is 2.27. The monoisotopic (exact) mass is 397 g/mol. The molecular weight excluding hydrogens is 378 g/mol. The van der Waals surface area contributed by atoms with E-state index in [0.717, 1.165) is 17.4 Å². The Labute approximate surface area is 162 Å². The average Bonchev–Trinajstić information content (AvgIpc) is 2.60. The Hall–Kier alpha value is -3.46. The van der Waals surface area contributed by atoms with Crippen LogP contribution >= 0.6 is 0 Å². The number of anilines is 1. The molecule has 3 aromatic rings. The van der Waals surface area contributed by atoms with Gasteiger partial charge in [-0.1, -0.05) is 24.3 Å². The topological polar surface area (TPSA) is 127 Å². The molecule has 0 aliphatic carbocycles. The first-order chi connectivity index (χ1) is 13.3. The number of nitrogens with zero attached hydrogens (tertiary/aromatic N) is 2. The van der Waals surface area contributed by atoms with Crippen LogP contribution in [-0.4, -0.2) is 32.0 Å². The highest BCUT2D eigenvalue weighted by atomic mass is 32.2. The Morgan fingerprint density at radius 3 is 2.61 bits per heavy atom. The SMILES string of the molecule is Cc1ccccc1-c1cc(N=C(N)NC=O)c2ccc(NS(C)(=O)=O)cc2n1. The molecule has 0 saturated carbocycles. The number of nitrogens with one attached hydrogen (secondary N) is 2. The molecule has 3 rings (SSSR count). The fourth-order valence-electron chi connectivity index (χ4n) is 2.80. The summed E-state index contributed by atoms with van der Waals surface area (Å²) in [5, 5.41) is 2.97. The molecule has 0 aliphatic heterocycles. The number of aliphatic imine (C=N–C) groups is 1. The van der Waals surface area contributed by atoms with Crippen molar-refractivity contribution in [1.82, 2.24) is 10.3 Å². The third-order valence-electron chi connectivity index (χ3n) is 3.96. The van der Waals surface area contributed by atoms with Gasteiger partial charge in [-0.2, -0.15) is 0 Å². The lowest BCUT2D eigenvalue weighted by Gasteiger charge is -2.11. The second kappa shape index (κ2) is 7.65. The van der Waals surface area contributed by atoms with E-state index in [4.69, 9.17) is 5.73 Å². The van der Waals surface area contributed by atoms with Gasteiger partial charge in [0, 0.05) is 10.9 Å². The summed E-state index contributed by atoms with van der Waals surface area (Å²) in [6, 6.07) is 14.4. The van der Waals surface area contributed by atoms with E-state index in [1.165, 1.54) is 0 Å². The molecule has 1 amide bonds. The van der Waals surface area contributed by atoms with E-state index in [2.05, 4.69) is 20.0 Å². The van der Waals surface area contributed by atoms with Gasteiger partial charge in [0.15, 0.2) is 5.96 Å². The Morgan fingerprint density at radius 1 is 1.18 bits per heavy atom. The second-order valence-corrected chi connectivity index (χ2v) is 7.96. The van der Waals surface area contributed by atoms with Gasteiger partial charge in [-0.15, -0.1) is 0 Å². The normalized spacial score (nSPS) is 12.0. The number of nitrogens with two attached hydrogens (primary N) is 1. The number of aromatic nitrogens is 1. The maximum atomic E-state index is 11.5. The zero-order chi connectivity index (χ0) is 20.3. The maximum absolute atomic E-state index is 11.5. The van der Waals surface area contributed by atoms with Gasteiger partial charge in [0.25, 0.3) is 0 Å². The molecule has 0 spiro atoms. The molecule has 0 radical (unpaired) electrons. The molecule has 144 valence electrons. The Balaban J connectivity index is 2.25. The lowest BCUT2D eigenvalue weighted by Crippen LogP contribution is -2.29. The van der Waals surface area contributed by atoms with E-state index in [0.29, 0.717) is 34.4 Å². The number of aryl methyl sites for hydroxylation is 1. The van der Waals surface area contributed by atoms with Crippen LogP contribution in [0.1, 0.15) is 5.56 Å². The smallest absolute Gasteiger partial charge is 0.229 e. The number of hydrogen-bond donors (Lipinski definition) is 3. The summed E-state index contributed by atoms with van der Waals surface area (Å²) in [5.41, 5.74) is 9.74. The van der Waals surface area contributed by atoms with E-state index in [1.54, 1.807) is 24.3 Å². The molecule has 1 heterocycles. The molecule has 2 aromatic carbocycles. The Bertz CT molecular complexity index is 1190. The van der Waals surface area contributed by atoms with Crippen molar-refractivity contribution in [3.63, 3.8) is 0 Å². The molecule has 0 bridgehead atoms. The highest BCUT2D eigenvalue weighted by molar-refractivity contribution is 7.92. The standard InChI is InChI=1S/C19H19N5O3S/c1-12-5-3-4-6-14(12)17-10-18(23-19(20)21-11-25)15-8-7-13(9-16(15)22-17)24-28(2,26)27/h3-11,24H,1-2H3,(H3,20,21,22,23,25). The first-order valence-corrected chi connectivity index (χ1v) is 10.2. The van der Waals surface area contributed by atoms with Crippen LogP contribution in [0.3, 0.4) is 0 Å². The van der Waals surface area contributed by atoms with Crippen LogP contribution in [0.25, 0.3) is 22.2 Å². The van der Waals surface area contributed by atoms with Crippen molar-refractivity contribution in [2.24, 2.45) is 10.7 Å². The molecule has 0 unspecified atom stereocenters. The number of pyridine rings is 1. The van der Waals surface area contributed by atoms with Crippen LogP contribution in [-0.2, 0) is 14.8 Å². The average molecular weight is 397 g/mol. The molecule has 8 nitrogen and oxygen atoms in total. The van der Waals surface area contributed by atoms with Gasteiger partial charge < -0.3 is 5.73 Å². The number of carbonyl (C=O) groups is 1. The van der Waals surface area contributed by atoms with Gasteiger partial charge in [-0.3, -0.25) is 14.8 Å². The van der Waals surface area contributed by atoms with E-state index in [9.17, 15) is 13.2 Å². The van der Waals surface area contributed by atoms with Crippen molar-refractivity contribution in [2.45, 2.75) is 6.92 Å². The molecule has 1 aromatic heterocycles. The van der Waals surface area contributed by atoms with Crippen LogP contribution in [0.2, 0.25) is 0 Å². The molecule has 28 heavy (non-hydrogen) atoms. The Kier molecular flexibility index (Phi) is 5.27. The Morgan fingerprint density at radius 2 is 1.93 bits per heavy atom. The van der Waals surface area contributed by atoms with E-state index in [-0.39, 0.29) is 5.96 Å². The number of sulfonamides is 1. The van der Waals surface area contributed by atoms with Crippen LogP contribution in [0.5, 0.6) is 0 Å². The quantitative estimate of drug-likeness (QED) is 0.346. The van der Waals surface area contributed by atoms with Gasteiger partial charge >= 0.3 is 0 Å². The molecule has 0 saturated heterocycles. The first kappa shape index (κ1) is 19.3. The molecule has 0 fully saturated rings. The summed E-state index contributed by atoms with van der Waals surface area (Å²) in [6.45, 7) is 1.97. The van der Waals surface area contributed by atoms with Crippen LogP contribution < -0.4 is 15.8 Å². The largest absolute Gasteiger partial charge is 0.369 e. The summed E-state index contributed by atoms with van der Waals surface area (Å²) in [6.07, 6.45) is 1.52. The number of benzene rings is 2. The molecule has 4 N–H and O–H groups in total. The van der Waals surface area contributed by atoms with Gasteiger partial charge in [0.05, 0.1) is 28.8 Å². The van der Waals surface area contributed by atoms with Crippen molar-refractivity contribution in [1.29, 1.82) is 0 Å². The summed E-state index contributed by atoms with van der Waals surface area (Å²) in [7, 11) is -3.43. The number of fused-ring (bicyclic) bond motifs is 1. The summed E-state index contributed by atoms with van der Waals surface area (Å²) < 4.78 is 25.5. The zero-order valence-corrected chi connectivity index (χ0v) is 16.1. The van der Waals surface area contributed by atoms with Crippen LogP contribution in [0.15, 0.2) is 53.5 Å². The highest BCUT2D eigenvalue weighted by Gasteiger charge is 2.11. The molecule has 9 heteroatoms. The van der Waals surface area contributed by atoms with Crippen LogP contribution in [0, 0.1) is 6.92 Å². The predicted molar refractivity (Wildman–Crippen MR) is 111 cm³/mol. The number of rotatable bonds is 5. The number of carbonyl (C=O) groups excluding carboxylic acids is 1. The lowest BCUT2D eigenvalue weighted by molar-refractivity contribution is -0.108. The van der Waals surface area contributed by atoms with Gasteiger partial charge in [-0.25, -0.2) is 18.4 Å². The molecule has 0 atom stereocenters. The van der Waals surface area contributed by atoms with Crippen LogP contribution in [0.4, 0.5) is 11.4 Å². The second-order valence-electron chi connectivity index (χ2n) is 6.21. The van der Waals surface area contributed by atoms with E-state index < -0.39 is 10.0 Å². The van der Waals surface area contributed by atoms with Crippen molar-refractivity contribution < 1.29 is 13.2 Å². The molecule has 0 aliphatic rings. The van der Waals surface area contributed by atoms with E-state index in [1.807, 2.05) is 31.2 Å². The van der Waals surface area contributed by atoms with Gasteiger partial charge in [0.1, 0.15) is 0 Å². The lowest BCUT2D eigenvalue weighted by atomic mass is 10.0. The summed E-state index contributed by atoms with van der Waals surface area (Å²) in [5.74, 6) is -0.0587. The summed E-state index contributed by atoms with van der Waals surface area (Å²) in [4.78, 5) is 19.6. The third-order valence-corrected chi connectivity index (χ3v) is 4.57. The number of guanidine groups is 1. The van der Waals surface area contributed by atoms with Crippen molar-refractivity contribution in [2.75, 3.05) is 11.0 Å². The zero-order valence-electron chi connectivity index (χ0n) is 15.3. The molecular formula is C19H19N5O3S. The minimum Gasteiger partial charge on any atom is -0.369 e. The third kappa shape index (κ3) is 4.44. The summed E-state index contributed by atoms with van der Waals surface area (Å²) >= 11 is 0. The highest BCUT2D eigenvalue weighted by Crippen LogP contribution is 2.33. The minimum absolute atomic E-state index is 0.0587. The number of hydrogen-bond acceptors (Lipinski definition) is 5. The van der Waals surface area contributed by atoms with Crippen molar-refractivity contribution >= 4 is 44.7 Å². The van der Waals surface area contributed by atoms with Gasteiger partial charge in [0.2, 0.25) is 16.4 Å². The number of amides is 1.